The molecule has 0 bridgehead atoms. The van der Waals surface area contributed by atoms with Crippen LogP contribution in [0.25, 0.3) is 0 Å². The van der Waals surface area contributed by atoms with Gasteiger partial charge in [-0.1, -0.05) is 0 Å². The minimum absolute atomic E-state index is 0.0276. The van der Waals surface area contributed by atoms with Gasteiger partial charge in [-0.15, -0.1) is 11.8 Å². The predicted octanol–water partition coefficient (Wildman–Crippen LogP) is 4.14. The Labute approximate surface area is 126 Å². The molecule has 0 aromatic heterocycles. The molecule has 116 valence electrons. The lowest BCUT2D eigenvalue weighted by Crippen LogP contribution is -2.39. The van der Waals surface area contributed by atoms with Crippen LogP contribution in [-0.2, 0) is 4.74 Å². The molecular weight excluding hydrogens is 300 g/mol. The van der Waals surface area contributed by atoms with Crippen LogP contribution in [0.4, 0.5) is 19.3 Å². The van der Waals surface area contributed by atoms with Crippen LogP contribution < -0.4 is 9.64 Å². The third-order valence-electron chi connectivity index (χ3n) is 2.63. The zero-order chi connectivity index (χ0) is 15.6. The number of ether oxygens (including phenoxy) is 2. The molecule has 0 N–H and O–H groups in total. The van der Waals surface area contributed by atoms with Gasteiger partial charge in [0, 0.05) is 23.3 Å². The molecule has 4 nitrogen and oxygen atoms in total. The number of thioether (sulfide) groups is 1. The topological polar surface area (TPSA) is 38.8 Å². The highest BCUT2D eigenvalue weighted by Crippen LogP contribution is 2.38. The van der Waals surface area contributed by atoms with Crippen molar-refractivity contribution in [3.05, 3.63) is 18.2 Å². The van der Waals surface area contributed by atoms with Crippen molar-refractivity contribution < 1.29 is 23.0 Å². The highest BCUT2D eigenvalue weighted by atomic mass is 32.2. The number of rotatable bonds is 2. The number of carbonyl (C=O) groups excluding carboxylic acids is 1. The maximum Gasteiger partial charge on any atom is 0.414 e. The van der Waals surface area contributed by atoms with Crippen molar-refractivity contribution in [2.24, 2.45) is 0 Å². The second-order valence-corrected chi connectivity index (χ2v) is 6.63. The van der Waals surface area contributed by atoms with Gasteiger partial charge < -0.3 is 9.47 Å². The third-order valence-corrected chi connectivity index (χ3v) is 3.68. The zero-order valence-electron chi connectivity index (χ0n) is 12.1. The first-order chi connectivity index (χ1) is 9.76. The van der Waals surface area contributed by atoms with E-state index in [0.29, 0.717) is 12.2 Å². The standard InChI is InChI=1S/C14H17F2NO3S/c1-14(2,3)20-13(18)17-6-7-21-11-5-4-9(8-10(11)17)19-12(15)16/h4-5,8,12H,6-7H2,1-3H3. The maximum absolute atomic E-state index is 12.3. The van der Waals surface area contributed by atoms with Crippen LogP contribution in [0.5, 0.6) is 5.75 Å². The molecule has 0 atom stereocenters. The van der Waals surface area contributed by atoms with E-state index in [2.05, 4.69) is 4.74 Å². The van der Waals surface area contributed by atoms with Gasteiger partial charge in [0.1, 0.15) is 11.4 Å². The van der Waals surface area contributed by atoms with Crippen LogP contribution in [0.1, 0.15) is 20.8 Å². The van der Waals surface area contributed by atoms with Crippen molar-refractivity contribution in [3.8, 4) is 5.75 Å². The SMILES string of the molecule is CC(C)(C)OC(=O)N1CCSc2ccc(OC(F)F)cc21. The van der Waals surface area contributed by atoms with Gasteiger partial charge in [-0.2, -0.15) is 8.78 Å². The van der Waals surface area contributed by atoms with Crippen molar-refractivity contribution in [2.45, 2.75) is 37.9 Å². The highest BCUT2D eigenvalue weighted by molar-refractivity contribution is 7.99. The van der Waals surface area contributed by atoms with Crippen molar-refractivity contribution in [1.82, 2.24) is 0 Å². The average Bonchev–Trinajstić information content (AvgIpc) is 2.35. The van der Waals surface area contributed by atoms with Gasteiger partial charge in [-0.3, -0.25) is 4.90 Å². The van der Waals surface area contributed by atoms with Crippen LogP contribution in [0, 0.1) is 0 Å². The molecule has 7 heteroatoms. The first-order valence-corrected chi connectivity index (χ1v) is 7.47. The van der Waals surface area contributed by atoms with Gasteiger partial charge in [0.2, 0.25) is 0 Å². The quantitative estimate of drug-likeness (QED) is 0.822. The molecule has 0 saturated carbocycles. The molecule has 0 aliphatic carbocycles. The van der Waals surface area contributed by atoms with E-state index in [1.165, 1.54) is 17.0 Å². The smallest absolute Gasteiger partial charge is 0.414 e. The third kappa shape index (κ3) is 4.23. The van der Waals surface area contributed by atoms with E-state index in [4.69, 9.17) is 4.74 Å². The largest absolute Gasteiger partial charge is 0.443 e. The fourth-order valence-electron chi connectivity index (χ4n) is 1.88. The van der Waals surface area contributed by atoms with Crippen molar-refractivity contribution in [2.75, 3.05) is 17.2 Å². The summed E-state index contributed by atoms with van der Waals surface area (Å²) in [5.41, 5.74) is -0.0718. The number of hydrogen-bond donors (Lipinski definition) is 0. The molecule has 0 fully saturated rings. The Balaban J connectivity index is 2.26. The zero-order valence-corrected chi connectivity index (χ0v) is 12.9. The summed E-state index contributed by atoms with van der Waals surface area (Å²) in [6, 6.07) is 4.59. The van der Waals surface area contributed by atoms with Crippen molar-refractivity contribution >= 4 is 23.5 Å². The Kier molecular flexibility index (Phi) is 4.61. The number of alkyl halides is 2. The molecule has 21 heavy (non-hydrogen) atoms. The molecule has 1 heterocycles. The van der Waals surface area contributed by atoms with E-state index >= 15 is 0 Å². The maximum atomic E-state index is 12.3. The fourth-order valence-corrected chi connectivity index (χ4v) is 2.86. The Morgan fingerprint density at radius 3 is 2.71 bits per heavy atom. The summed E-state index contributed by atoms with van der Waals surface area (Å²) in [7, 11) is 0. The second kappa shape index (κ2) is 6.09. The van der Waals surface area contributed by atoms with E-state index in [0.717, 1.165) is 10.6 Å². The lowest BCUT2D eigenvalue weighted by atomic mass is 10.2. The van der Waals surface area contributed by atoms with Crippen molar-refractivity contribution in [3.63, 3.8) is 0 Å². The van der Waals surface area contributed by atoms with Gasteiger partial charge in [-0.05, 0) is 32.9 Å². The summed E-state index contributed by atoms with van der Waals surface area (Å²) in [6.07, 6.45) is -0.488. The predicted molar refractivity (Wildman–Crippen MR) is 77.4 cm³/mol. The van der Waals surface area contributed by atoms with E-state index in [9.17, 15) is 13.6 Å². The fraction of sp³-hybridized carbons (Fsp3) is 0.500. The number of amides is 1. The number of benzene rings is 1. The van der Waals surface area contributed by atoms with Crippen molar-refractivity contribution in [1.29, 1.82) is 0 Å². The second-order valence-electron chi connectivity index (χ2n) is 5.49. The summed E-state index contributed by atoms with van der Waals surface area (Å²) < 4.78 is 34.3. The van der Waals surface area contributed by atoms with Crippen LogP contribution in [0.3, 0.4) is 0 Å². The molecular formula is C14H17F2NO3S. The summed E-state index contributed by atoms with van der Waals surface area (Å²) >= 11 is 1.56. The number of hydrogen-bond acceptors (Lipinski definition) is 4. The molecule has 1 aliphatic rings. The van der Waals surface area contributed by atoms with Gasteiger partial charge >= 0.3 is 12.7 Å². The van der Waals surface area contributed by atoms with Gasteiger partial charge in [0.25, 0.3) is 0 Å². The number of fused-ring (bicyclic) bond motifs is 1. The molecule has 1 aliphatic heterocycles. The monoisotopic (exact) mass is 317 g/mol. The normalized spacial score (nSPS) is 14.9. The van der Waals surface area contributed by atoms with Crippen LogP contribution in [0.2, 0.25) is 0 Å². The van der Waals surface area contributed by atoms with Crippen LogP contribution in [0.15, 0.2) is 23.1 Å². The summed E-state index contributed by atoms with van der Waals surface area (Å²) in [6.45, 7) is 2.90. The molecule has 2 rings (SSSR count). The number of nitrogens with zero attached hydrogens (tertiary/aromatic N) is 1. The van der Waals surface area contributed by atoms with E-state index in [1.807, 2.05) is 0 Å². The number of anilines is 1. The minimum atomic E-state index is -2.89. The minimum Gasteiger partial charge on any atom is -0.443 e. The summed E-state index contributed by atoms with van der Waals surface area (Å²) in [5.74, 6) is 0.751. The molecule has 1 amide bonds. The Bertz CT molecular complexity index is 531. The number of carbonyl (C=O) groups is 1. The van der Waals surface area contributed by atoms with Gasteiger partial charge in [-0.25, -0.2) is 4.79 Å². The Morgan fingerprint density at radius 1 is 1.38 bits per heavy atom. The van der Waals surface area contributed by atoms with Crippen LogP contribution in [-0.4, -0.2) is 30.6 Å². The first-order valence-electron chi connectivity index (χ1n) is 6.48. The highest BCUT2D eigenvalue weighted by Gasteiger charge is 2.28. The van der Waals surface area contributed by atoms with E-state index < -0.39 is 18.3 Å². The Hall–Kier alpha value is -1.50. The molecule has 0 unspecified atom stereocenters. The van der Waals surface area contributed by atoms with Gasteiger partial charge in [0.15, 0.2) is 0 Å². The average molecular weight is 317 g/mol. The van der Waals surface area contributed by atoms with Crippen LogP contribution >= 0.6 is 11.8 Å². The summed E-state index contributed by atoms with van der Waals surface area (Å²) in [4.78, 5) is 14.5. The van der Waals surface area contributed by atoms with E-state index in [-0.39, 0.29) is 5.75 Å². The lowest BCUT2D eigenvalue weighted by Gasteiger charge is -2.31. The molecule has 0 radical (unpaired) electrons. The molecule has 0 spiro atoms. The molecule has 0 saturated heterocycles. The van der Waals surface area contributed by atoms with E-state index in [1.54, 1.807) is 38.6 Å². The first kappa shape index (κ1) is 15.9. The number of halogens is 2. The molecule has 1 aromatic rings. The summed E-state index contributed by atoms with van der Waals surface area (Å²) in [5, 5.41) is 0. The molecule has 1 aromatic carbocycles. The van der Waals surface area contributed by atoms with Gasteiger partial charge in [0.05, 0.1) is 5.69 Å². The lowest BCUT2D eigenvalue weighted by molar-refractivity contribution is -0.0498. The Morgan fingerprint density at radius 2 is 2.10 bits per heavy atom.